The van der Waals surface area contributed by atoms with Gasteiger partial charge in [0, 0.05) is 24.6 Å². The van der Waals surface area contributed by atoms with Crippen molar-refractivity contribution in [1.82, 2.24) is 20.1 Å². The van der Waals surface area contributed by atoms with Gasteiger partial charge in [-0.05, 0) is 24.6 Å². The first-order valence-electron chi connectivity index (χ1n) is 6.04. The van der Waals surface area contributed by atoms with Crippen LogP contribution < -0.4 is 5.32 Å². The van der Waals surface area contributed by atoms with E-state index in [2.05, 4.69) is 15.4 Å². The fourth-order valence-corrected chi connectivity index (χ4v) is 1.70. The standard InChI is InChI=1S/C13H14F2N4O/c1-9-5-11(13(14)15)18-19(9)8-12(20)17-7-10-3-2-4-16-6-10/h2-6,13H,7-8H2,1H3,(H,17,20). The summed E-state index contributed by atoms with van der Waals surface area (Å²) >= 11 is 0. The van der Waals surface area contributed by atoms with Gasteiger partial charge in [0.15, 0.2) is 0 Å². The van der Waals surface area contributed by atoms with Gasteiger partial charge in [-0.25, -0.2) is 8.78 Å². The third-order valence-corrected chi connectivity index (χ3v) is 2.73. The number of aryl methyl sites for hydroxylation is 1. The molecule has 0 atom stereocenters. The Labute approximate surface area is 114 Å². The molecule has 1 amide bonds. The van der Waals surface area contributed by atoms with Gasteiger partial charge in [-0.3, -0.25) is 14.5 Å². The van der Waals surface area contributed by atoms with Crippen LogP contribution in [0.4, 0.5) is 8.78 Å². The molecule has 2 rings (SSSR count). The highest BCUT2D eigenvalue weighted by atomic mass is 19.3. The molecule has 0 fully saturated rings. The number of pyridine rings is 1. The molecule has 0 saturated carbocycles. The Kier molecular flexibility index (Phi) is 4.39. The Hall–Kier alpha value is -2.31. The van der Waals surface area contributed by atoms with Crippen molar-refractivity contribution < 1.29 is 13.6 Å². The number of carbonyl (C=O) groups is 1. The normalized spacial score (nSPS) is 10.8. The molecule has 7 heteroatoms. The topological polar surface area (TPSA) is 59.8 Å². The number of rotatable bonds is 5. The maximum atomic E-state index is 12.5. The molecular weight excluding hydrogens is 266 g/mol. The molecule has 0 bridgehead atoms. The van der Waals surface area contributed by atoms with Crippen LogP contribution in [0, 0.1) is 6.92 Å². The van der Waals surface area contributed by atoms with Gasteiger partial charge in [0.25, 0.3) is 6.43 Å². The van der Waals surface area contributed by atoms with E-state index in [1.165, 1.54) is 10.7 Å². The molecule has 2 aromatic heterocycles. The Bertz CT molecular complexity index is 583. The minimum atomic E-state index is -2.63. The molecule has 1 N–H and O–H groups in total. The highest BCUT2D eigenvalue weighted by molar-refractivity contribution is 5.75. The summed E-state index contributed by atoms with van der Waals surface area (Å²) in [6, 6.07) is 4.88. The van der Waals surface area contributed by atoms with Crippen LogP contribution in [0.25, 0.3) is 0 Å². The second-order valence-corrected chi connectivity index (χ2v) is 4.31. The summed E-state index contributed by atoms with van der Waals surface area (Å²) in [6.45, 7) is 1.89. The highest BCUT2D eigenvalue weighted by Gasteiger charge is 2.14. The summed E-state index contributed by atoms with van der Waals surface area (Å²) in [5.74, 6) is -0.291. The van der Waals surface area contributed by atoms with Gasteiger partial charge < -0.3 is 5.32 Å². The molecule has 2 aromatic rings. The average Bonchev–Trinajstić information content (AvgIpc) is 2.79. The molecule has 0 spiro atoms. The number of carbonyl (C=O) groups excluding carboxylic acids is 1. The minimum absolute atomic E-state index is 0.0845. The lowest BCUT2D eigenvalue weighted by atomic mass is 10.3. The van der Waals surface area contributed by atoms with E-state index >= 15 is 0 Å². The van der Waals surface area contributed by atoms with Gasteiger partial charge in [-0.2, -0.15) is 5.10 Å². The third-order valence-electron chi connectivity index (χ3n) is 2.73. The molecule has 2 heterocycles. The molecule has 0 unspecified atom stereocenters. The van der Waals surface area contributed by atoms with E-state index < -0.39 is 6.43 Å². The van der Waals surface area contributed by atoms with Gasteiger partial charge >= 0.3 is 0 Å². The van der Waals surface area contributed by atoms with Crippen molar-refractivity contribution in [2.75, 3.05) is 0 Å². The monoisotopic (exact) mass is 280 g/mol. The smallest absolute Gasteiger partial charge is 0.282 e. The van der Waals surface area contributed by atoms with E-state index in [1.54, 1.807) is 25.4 Å². The van der Waals surface area contributed by atoms with E-state index in [1.807, 2.05) is 6.07 Å². The van der Waals surface area contributed by atoms with E-state index in [-0.39, 0.29) is 18.1 Å². The van der Waals surface area contributed by atoms with Crippen LogP contribution in [0.5, 0.6) is 0 Å². The van der Waals surface area contributed by atoms with Crippen LogP contribution in [0.15, 0.2) is 30.6 Å². The van der Waals surface area contributed by atoms with Crippen molar-refractivity contribution in [3.05, 3.63) is 47.5 Å². The van der Waals surface area contributed by atoms with Crippen LogP contribution in [0.1, 0.15) is 23.4 Å². The molecule has 0 saturated heterocycles. The lowest BCUT2D eigenvalue weighted by Gasteiger charge is -2.06. The van der Waals surface area contributed by atoms with E-state index in [9.17, 15) is 13.6 Å². The van der Waals surface area contributed by atoms with Crippen molar-refractivity contribution in [2.45, 2.75) is 26.4 Å². The van der Waals surface area contributed by atoms with Crippen LogP contribution in [-0.2, 0) is 17.9 Å². The Morgan fingerprint density at radius 1 is 1.50 bits per heavy atom. The van der Waals surface area contributed by atoms with Gasteiger partial charge in [0.05, 0.1) is 0 Å². The van der Waals surface area contributed by atoms with E-state index in [0.717, 1.165) is 5.56 Å². The van der Waals surface area contributed by atoms with Crippen molar-refractivity contribution in [1.29, 1.82) is 0 Å². The van der Waals surface area contributed by atoms with Gasteiger partial charge in [-0.1, -0.05) is 6.07 Å². The van der Waals surface area contributed by atoms with Crippen molar-refractivity contribution in [3.8, 4) is 0 Å². The lowest BCUT2D eigenvalue weighted by Crippen LogP contribution is -2.28. The number of amides is 1. The predicted octanol–water partition coefficient (Wildman–Crippen LogP) is 1.84. The number of halogens is 2. The summed E-state index contributed by atoms with van der Waals surface area (Å²) in [5, 5.41) is 6.38. The maximum absolute atomic E-state index is 12.5. The first kappa shape index (κ1) is 14.1. The van der Waals surface area contributed by atoms with E-state index in [0.29, 0.717) is 12.2 Å². The number of alkyl halides is 2. The Morgan fingerprint density at radius 3 is 2.90 bits per heavy atom. The van der Waals surface area contributed by atoms with Gasteiger partial charge in [0.2, 0.25) is 5.91 Å². The average molecular weight is 280 g/mol. The number of nitrogens with one attached hydrogen (secondary N) is 1. The minimum Gasteiger partial charge on any atom is -0.350 e. The first-order chi connectivity index (χ1) is 9.56. The summed E-state index contributed by atoms with van der Waals surface area (Å²) < 4.78 is 26.2. The Balaban J connectivity index is 1.91. The van der Waals surface area contributed by atoms with Crippen molar-refractivity contribution in [2.24, 2.45) is 0 Å². The zero-order valence-electron chi connectivity index (χ0n) is 10.9. The number of hydrogen-bond acceptors (Lipinski definition) is 3. The largest absolute Gasteiger partial charge is 0.350 e. The number of hydrogen-bond donors (Lipinski definition) is 1. The summed E-state index contributed by atoms with van der Waals surface area (Å²) in [5.41, 5.74) is 1.07. The second kappa shape index (κ2) is 6.23. The van der Waals surface area contributed by atoms with Crippen LogP contribution in [0.2, 0.25) is 0 Å². The fourth-order valence-electron chi connectivity index (χ4n) is 1.70. The zero-order valence-corrected chi connectivity index (χ0v) is 10.9. The molecular formula is C13H14F2N4O. The third kappa shape index (κ3) is 3.59. The summed E-state index contributed by atoms with van der Waals surface area (Å²) in [4.78, 5) is 15.7. The predicted molar refractivity (Wildman–Crippen MR) is 68.0 cm³/mol. The first-order valence-corrected chi connectivity index (χ1v) is 6.04. The molecule has 106 valence electrons. The van der Waals surface area contributed by atoms with Crippen molar-refractivity contribution >= 4 is 5.91 Å². The molecule has 20 heavy (non-hydrogen) atoms. The quantitative estimate of drug-likeness (QED) is 0.909. The second-order valence-electron chi connectivity index (χ2n) is 4.31. The SMILES string of the molecule is Cc1cc(C(F)F)nn1CC(=O)NCc1cccnc1. The van der Waals surface area contributed by atoms with Gasteiger partial charge in [-0.15, -0.1) is 0 Å². The molecule has 0 radical (unpaired) electrons. The zero-order chi connectivity index (χ0) is 14.5. The lowest BCUT2D eigenvalue weighted by molar-refractivity contribution is -0.122. The van der Waals surface area contributed by atoms with Crippen LogP contribution in [-0.4, -0.2) is 20.7 Å². The molecule has 0 aliphatic rings. The maximum Gasteiger partial charge on any atom is 0.282 e. The molecule has 0 aliphatic carbocycles. The van der Waals surface area contributed by atoms with Crippen molar-refractivity contribution in [3.63, 3.8) is 0 Å². The molecule has 0 aliphatic heterocycles. The van der Waals surface area contributed by atoms with Crippen LogP contribution >= 0.6 is 0 Å². The summed E-state index contributed by atoms with van der Waals surface area (Å²) in [7, 11) is 0. The molecule has 0 aromatic carbocycles. The molecule has 5 nitrogen and oxygen atoms in total. The van der Waals surface area contributed by atoms with Gasteiger partial charge in [0.1, 0.15) is 12.2 Å². The number of nitrogens with zero attached hydrogens (tertiary/aromatic N) is 3. The van der Waals surface area contributed by atoms with E-state index in [4.69, 9.17) is 0 Å². The fraction of sp³-hybridized carbons (Fsp3) is 0.308. The summed E-state index contributed by atoms with van der Waals surface area (Å²) in [6.07, 6.45) is 0.659. The highest BCUT2D eigenvalue weighted by Crippen LogP contribution is 2.17. The van der Waals surface area contributed by atoms with Crippen LogP contribution in [0.3, 0.4) is 0 Å². The Morgan fingerprint density at radius 2 is 2.30 bits per heavy atom. The number of aromatic nitrogens is 3.